The molecule has 0 unspecified atom stereocenters. The van der Waals surface area contributed by atoms with E-state index in [9.17, 15) is 0 Å². The first-order valence-electron chi connectivity index (χ1n) is 6.67. The SMILES string of the molecule is Cc1ccc(Oc2cccc(Cl)c2CNC(C)C)cn1. The third-order valence-electron chi connectivity index (χ3n) is 2.87. The van der Waals surface area contributed by atoms with Gasteiger partial charge in [-0.2, -0.15) is 0 Å². The van der Waals surface area contributed by atoms with Crippen molar-refractivity contribution in [3.05, 3.63) is 52.8 Å². The van der Waals surface area contributed by atoms with Gasteiger partial charge in [0.15, 0.2) is 0 Å². The fourth-order valence-corrected chi connectivity index (χ4v) is 1.99. The largest absolute Gasteiger partial charge is 0.455 e. The van der Waals surface area contributed by atoms with E-state index in [0.717, 1.165) is 17.0 Å². The Morgan fingerprint density at radius 1 is 1.25 bits per heavy atom. The Balaban J connectivity index is 2.22. The van der Waals surface area contributed by atoms with Gasteiger partial charge in [0.1, 0.15) is 11.5 Å². The zero-order valence-corrected chi connectivity index (χ0v) is 12.7. The lowest BCUT2D eigenvalue weighted by molar-refractivity contribution is 0.467. The Morgan fingerprint density at radius 3 is 2.70 bits per heavy atom. The van der Waals surface area contributed by atoms with Crippen molar-refractivity contribution >= 4 is 11.6 Å². The molecule has 1 aromatic carbocycles. The molecule has 2 rings (SSSR count). The number of hydrogen-bond donors (Lipinski definition) is 1. The zero-order chi connectivity index (χ0) is 14.5. The van der Waals surface area contributed by atoms with Gasteiger partial charge in [0, 0.05) is 28.9 Å². The number of benzene rings is 1. The first-order chi connectivity index (χ1) is 9.56. The van der Waals surface area contributed by atoms with Crippen LogP contribution in [0.2, 0.25) is 5.02 Å². The summed E-state index contributed by atoms with van der Waals surface area (Å²) in [5.41, 5.74) is 1.92. The first-order valence-corrected chi connectivity index (χ1v) is 7.05. The highest BCUT2D eigenvalue weighted by Gasteiger charge is 2.10. The number of nitrogens with zero attached hydrogens (tertiary/aromatic N) is 1. The van der Waals surface area contributed by atoms with Gasteiger partial charge < -0.3 is 10.1 Å². The summed E-state index contributed by atoms with van der Waals surface area (Å²) >= 11 is 6.27. The molecule has 0 aliphatic carbocycles. The van der Waals surface area contributed by atoms with Crippen LogP contribution in [0.3, 0.4) is 0 Å². The van der Waals surface area contributed by atoms with E-state index in [1.54, 1.807) is 6.20 Å². The van der Waals surface area contributed by atoms with Crippen molar-refractivity contribution in [2.24, 2.45) is 0 Å². The van der Waals surface area contributed by atoms with E-state index in [1.807, 2.05) is 37.3 Å². The Kier molecular flexibility index (Phi) is 4.99. The van der Waals surface area contributed by atoms with Gasteiger partial charge in [-0.05, 0) is 31.2 Å². The van der Waals surface area contributed by atoms with Crippen LogP contribution in [0.15, 0.2) is 36.5 Å². The predicted octanol–water partition coefficient (Wildman–Crippen LogP) is 4.33. The maximum Gasteiger partial charge on any atom is 0.145 e. The minimum Gasteiger partial charge on any atom is -0.455 e. The van der Waals surface area contributed by atoms with Crippen molar-refractivity contribution in [1.82, 2.24) is 10.3 Å². The van der Waals surface area contributed by atoms with Crippen LogP contribution in [0.5, 0.6) is 11.5 Å². The van der Waals surface area contributed by atoms with Gasteiger partial charge in [0.25, 0.3) is 0 Å². The second kappa shape index (κ2) is 6.73. The lowest BCUT2D eigenvalue weighted by Crippen LogP contribution is -2.22. The number of halogens is 1. The molecule has 106 valence electrons. The highest BCUT2D eigenvalue weighted by atomic mass is 35.5. The molecule has 2 aromatic rings. The third-order valence-corrected chi connectivity index (χ3v) is 3.23. The number of aromatic nitrogens is 1. The number of nitrogens with one attached hydrogen (secondary N) is 1. The minimum absolute atomic E-state index is 0.389. The molecule has 0 atom stereocenters. The summed E-state index contributed by atoms with van der Waals surface area (Å²) < 4.78 is 5.89. The van der Waals surface area contributed by atoms with Gasteiger partial charge in [-0.1, -0.05) is 31.5 Å². The molecule has 0 aliphatic rings. The van der Waals surface area contributed by atoms with E-state index in [2.05, 4.69) is 24.1 Å². The summed E-state index contributed by atoms with van der Waals surface area (Å²) in [5, 5.41) is 4.06. The van der Waals surface area contributed by atoms with Crippen LogP contribution in [0, 0.1) is 6.92 Å². The molecule has 1 aromatic heterocycles. The van der Waals surface area contributed by atoms with Crippen molar-refractivity contribution in [2.45, 2.75) is 33.4 Å². The molecule has 20 heavy (non-hydrogen) atoms. The van der Waals surface area contributed by atoms with Crippen molar-refractivity contribution < 1.29 is 4.74 Å². The van der Waals surface area contributed by atoms with E-state index in [-0.39, 0.29) is 0 Å². The molecule has 0 radical (unpaired) electrons. The highest BCUT2D eigenvalue weighted by molar-refractivity contribution is 6.31. The van der Waals surface area contributed by atoms with Crippen LogP contribution >= 0.6 is 11.6 Å². The number of pyridine rings is 1. The van der Waals surface area contributed by atoms with Crippen LogP contribution in [0.1, 0.15) is 25.1 Å². The van der Waals surface area contributed by atoms with Crippen molar-refractivity contribution in [1.29, 1.82) is 0 Å². The molecular formula is C16H19ClN2O. The number of rotatable bonds is 5. The van der Waals surface area contributed by atoms with E-state index in [4.69, 9.17) is 16.3 Å². The number of aryl methyl sites for hydroxylation is 1. The molecule has 0 saturated carbocycles. The predicted molar refractivity (Wildman–Crippen MR) is 82.5 cm³/mol. The zero-order valence-electron chi connectivity index (χ0n) is 12.0. The van der Waals surface area contributed by atoms with E-state index < -0.39 is 0 Å². The summed E-state index contributed by atoms with van der Waals surface area (Å²) in [7, 11) is 0. The minimum atomic E-state index is 0.389. The number of ether oxygens (including phenoxy) is 1. The molecule has 0 saturated heterocycles. The summed E-state index contributed by atoms with van der Waals surface area (Å²) in [6.45, 7) is 6.82. The second-order valence-electron chi connectivity index (χ2n) is 4.99. The fraction of sp³-hybridized carbons (Fsp3) is 0.312. The average Bonchev–Trinajstić information content (AvgIpc) is 2.40. The van der Waals surface area contributed by atoms with Crippen LogP contribution in [-0.4, -0.2) is 11.0 Å². The van der Waals surface area contributed by atoms with Crippen molar-refractivity contribution in [2.75, 3.05) is 0 Å². The van der Waals surface area contributed by atoms with Gasteiger partial charge >= 0.3 is 0 Å². The molecule has 0 bridgehead atoms. The van der Waals surface area contributed by atoms with Gasteiger partial charge in [-0.3, -0.25) is 4.98 Å². The molecule has 4 heteroatoms. The molecule has 0 aliphatic heterocycles. The van der Waals surface area contributed by atoms with Crippen molar-refractivity contribution in [3.8, 4) is 11.5 Å². The van der Waals surface area contributed by atoms with Gasteiger partial charge in [-0.15, -0.1) is 0 Å². The van der Waals surface area contributed by atoms with Crippen LogP contribution < -0.4 is 10.1 Å². The van der Waals surface area contributed by atoms with Gasteiger partial charge in [-0.25, -0.2) is 0 Å². The Morgan fingerprint density at radius 2 is 2.05 bits per heavy atom. The topological polar surface area (TPSA) is 34.1 Å². The quantitative estimate of drug-likeness (QED) is 0.890. The molecule has 0 spiro atoms. The Hall–Kier alpha value is -1.58. The van der Waals surface area contributed by atoms with Gasteiger partial charge in [0.05, 0.1) is 6.20 Å². The molecule has 0 fully saturated rings. The molecule has 0 amide bonds. The smallest absolute Gasteiger partial charge is 0.145 e. The second-order valence-corrected chi connectivity index (χ2v) is 5.40. The average molecular weight is 291 g/mol. The molecule has 3 nitrogen and oxygen atoms in total. The maximum atomic E-state index is 6.27. The molecular weight excluding hydrogens is 272 g/mol. The molecule has 1 heterocycles. The molecule has 1 N–H and O–H groups in total. The van der Waals surface area contributed by atoms with Crippen LogP contribution in [-0.2, 0) is 6.54 Å². The van der Waals surface area contributed by atoms with E-state index >= 15 is 0 Å². The summed E-state index contributed by atoms with van der Waals surface area (Å²) in [6.07, 6.45) is 1.72. The van der Waals surface area contributed by atoms with Gasteiger partial charge in [0.2, 0.25) is 0 Å². The standard InChI is InChI=1S/C16H19ClN2O/c1-11(2)18-10-14-15(17)5-4-6-16(14)20-13-8-7-12(3)19-9-13/h4-9,11,18H,10H2,1-3H3. The lowest BCUT2D eigenvalue weighted by atomic mass is 10.2. The lowest BCUT2D eigenvalue weighted by Gasteiger charge is -2.14. The fourth-order valence-electron chi connectivity index (χ4n) is 1.75. The Bertz CT molecular complexity index is 567. The van der Waals surface area contributed by atoms with E-state index in [0.29, 0.717) is 23.4 Å². The van der Waals surface area contributed by atoms with Crippen LogP contribution in [0.25, 0.3) is 0 Å². The summed E-state index contributed by atoms with van der Waals surface area (Å²) in [5.74, 6) is 1.47. The third kappa shape index (κ3) is 3.95. The van der Waals surface area contributed by atoms with Crippen LogP contribution in [0.4, 0.5) is 0 Å². The number of hydrogen-bond acceptors (Lipinski definition) is 3. The maximum absolute atomic E-state index is 6.27. The summed E-state index contributed by atoms with van der Waals surface area (Å²) in [6, 6.07) is 9.90. The normalized spacial score (nSPS) is 10.8. The monoisotopic (exact) mass is 290 g/mol. The first kappa shape index (κ1) is 14.8. The van der Waals surface area contributed by atoms with Crippen molar-refractivity contribution in [3.63, 3.8) is 0 Å². The highest BCUT2D eigenvalue weighted by Crippen LogP contribution is 2.30. The van der Waals surface area contributed by atoms with E-state index in [1.165, 1.54) is 0 Å². The summed E-state index contributed by atoms with van der Waals surface area (Å²) in [4.78, 5) is 4.23. The Labute approximate surface area is 124 Å².